The highest BCUT2D eigenvalue weighted by atomic mass is 16.5. The molecule has 0 radical (unpaired) electrons. The third-order valence-electron chi connectivity index (χ3n) is 5.50. The van der Waals surface area contributed by atoms with Crippen LogP contribution in [0, 0.1) is 0 Å². The van der Waals surface area contributed by atoms with E-state index in [-0.39, 0.29) is 5.97 Å². The van der Waals surface area contributed by atoms with Gasteiger partial charge in [-0.05, 0) is 12.8 Å². The maximum absolute atomic E-state index is 11.7. The molecular formula is C25H50O2. The summed E-state index contributed by atoms with van der Waals surface area (Å²) in [6.07, 6.45) is 27.0. The molecule has 0 N–H and O–H groups in total. The van der Waals surface area contributed by atoms with Crippen LogP contribution in [0.5, 0.6) is 0 Å². The van der Waals surface area contributed by atoms with E-state index in [0.717, 1.165) is 12.8 Å². The third-order valence-corrected chi connectivity index (χ3v) is 5.50. The minimum atomic E-state index is 0.0176. The Labute approximate surface area is 171 Å². The minimum absolute atomic E-state index is 0.0176. The van der Waals surface area contributed by atoms with Crippen LogP contribution in [0.2, 0.25) is 0 Å². The monoisotopic (exact) mass is 382 g/mol. The Morgan fingerprint density at radius 2 is 0.815 bits per heavy atom. The molecule has 0 atom stereocenters. The summed E-state index contributed by atoms with van der Waals surface area (Å²) in [6, 6.07) is 0. The Morgan fingerprint density at radius 3 is 1.22 bits per heavy atom. The van der Waals surface area contributed by atoms with Gasteiger partial charge in [-0.15, -0.1) is 0 Å². The molecule has 2 nitrogen and oxygen atoms in total. The fourth-order valence-electron chi connectivity index (χ4n) is 3.60. The summed E-state index contributed by atoms with van der Waals surface area (Å²) < 4.78 is 5.34. The molecular weight excluding hydrogens is 332 g/mol. The zero-order valence-corrected chi connectivity index (χ0v) is 18.9. The van der Waals surface area contributed by atoms with E-state index in [4.69, 9.17) is 4.74 Å². The van der Waals surface area contributed by atoms with E-state index in [1.165, 1.54) is 116 Å². The van der Waals surface area contributed by atoms with Gasteiger partial charge in [-0.1, -0.05) is 129 Å². The Morgan fingerprint density at radius 1 is 0.481 bits per heavy atom. The fourth-order valence-corrected chi connectivity index (χ4v) is 3.60. The quantitative estimate of drug-likeness (QED) is 0.138. The number of unbranched alkanes of at least 4 members (excludes halogenated alkanes) is 18. The predicted molar refractivity (Wildman–Crippen MR) is 119 cm³/mol. The first-order valence-electron chi connectivity index (χ1n) is 12.5. The Kier molecular flexibility index (Phi) is 23.0. The number of carbonyl (C=O) groups is 1. The maximum atomic E-state index is 11.7. The standard InChI is InChI=1S/C25H50O2/c1-3-5-7-9-11-12-13-14-15-16-17-19-21-23-25(26)27-24-22-20-18-10-8-6-4-2/h3-24H2,1-2H3. The van der Waals surface area contributed by atoms with E-state index in [2.05, 4.69) is 13.8 Å². The van der Waals surface area contributed by atoms with Crippen molar-refractivity contribution in [2.75, 3.05) is 6.61 Å². The number of hydrogen-bond donors (Lipinski definition) is 0. The second-order valence-corrected chi connectivity index (χ2v) is 8.33. The van der Waals surface area contributed by atoms with Crippen LogP contribution in [0.4, 0.5) is 0 Å². The second-order valence-electron chi connectivity index (χ2n) is 8.33. The van der Waals surface area contributed by atoms with E-state index in [9.17, 15) is 4.79 Å². The highest BCUT2D eigenvalue weighted by molar-refractivity contribution is 5.69. The first kappa shape index (κ1) is 26.5. The summed E-state index contributed by atoms with van der Waals surface area (Å²) in [4.78, 5) is 11.7. The van der Waals surface area contributed by atoms with Gasteiger partial charge in [-0.25, -0.2) is 0 Å². The zero-order chi connectivity index (χ0) is 19.8. The van der Waals surface area contributed by atoms with Gasteiger partial charge in [0.1, 0.15) is 0 Å². The number of hydrogen-bond acceptors (Lipinski definition) is 2. The van der Waals surface area contributed by atoms with Crippen molar-refractivity contribution in [1.29, 1.82) is 0 Å². The van der Waals surface area contributed by atoms with Crippen molar-refractivity contribution >= 4 is 5.97 Å². The Bertz CT molecular complexity index is 288. The van der Waals surface area contributed by atoms with Gasteiger partial charge in [-0.2, -0.15) is 0 Å². The molecule has 0 saturated carbocycles. The number of rotatable bonds is 22. The van der Waals surface area contributed by atoms with E-state index >= 15 is 0 Å². The zero-order valence-electron chi connectivity index (χ0n) is 18.9. The normalized spacial score (nSPS) is 11.0. The summed E-state index contributed by atoms with van der Waals surface area (Å²) in [5, 5.41) is 0. The van der Waals surface area contributed by atoms with Gasteiger partial charge in [0.2, 0.25) is 0 Å². The minimum Gasteiger partial charge on any atom is -0.466 e. The van der Waals surface area contributed by atoms with E-state index in [1.54, 1.807) is 0 Å². The van der Waals surface area contributed by atoms with Gasteiger partial charge in [-0.3, -0.25) is 4.79 Å². The second kappa shape index (κ2) is 23.5. The lowest BCUT2D eigenvalue weighted by Gasteiger charge is -2.05. The molecule has 162 valence electrons. The summed E-state index contributed by atoms with van der Waals surface area (Å²) in [5.74, 6) is 0.0176. The van der Waals surface area contributed by atoms with Crippen molar-refractivity contribution in [3.63, 3.8) is 0 Å². The molecule has 0 amide bonds. The van der Waals surface area contributed by atoms with Crippen LogP contribution >= 0.6 is 0 Å². The summed E-state index contributed by atoms with van der Waals surface area (Å²) in [7, 11) is 0. The van der Waals surface area contributed by atoms with Gasteiger partial charge in [0.15, 0.2) is 0 Å². The molecule has 0 heterocycles. The Balaban J connectivity index is 3.12. The van der Waals surface area contributed by atoms with E-state index < -0.39 is 0 Å². The smallest absolute Gasteiger partial charge is 0.305 e. The van der Waals surface area contributed by atoms with Crippen molar-refractivity contribution in [3.8, 4) is 0 Å². The van der Waals surface area contributed by atoms with Crippen LogP contribution < -0.4 is 0 Å². The van der Waals surface area contributed by atoms with Crippen LogP contribution in [0.3, 0.4) is 0 Å². The maximum Gasteiger partial charge on any atom is 0.305 e. The highest BCUT2D eigenvalue weighted by Gasteiger charge is 2.02. The molecule has 0 saturated heterocycles. The first-order valence-corrected chi connectivity index (χ1v) is 12.5. The van der Waals surface area contributed by atoms with Crippen LogP contribution in [-0.2, 0) is 9.53 Å². The van der Waals surface area contributed by atoms with Crippen LogP contribution in [-0.4, -0.2) is 12.6 Å². The number of ether oxygens (including phenoxy) is 1. The first-order chi connectivity index (χ1) is 13.3. The molecule has 0 aliphatic heterocycles. The SMILES string of the molecule is CCCCCCCCCCCCCCCC(=O)OCCCCCCCCC. The van der Waals surface area contributed by atoms with E-state index in [0.29, 0.717) is 13.0 Å². The van der Waals surface area contributed by atoms with Crippen molar-refractivity contribution in [1.82, 2.24) is 0 Å². The number of esters is 1. The van der Waals surface area contributed by atoms with Crippen LogP contribution in [0.25, 0.3) is 0 Å². The van der Waals surface area contributed by atoms with Crippen molar-refractivity contribution < 1.29 is 9.53 Å². The molecule has 27 heavy (non-hydrogen) atoms. The topological polar surface area (TPSA) is 26.3 Å². The molecule has 0 aliphatic carbocycles. The molecule has 0 aliphatic rings. The number of carbonyl (C=O) groups excluding carboxylic acids is 1. The van der Waals surface area contributed by atoms with Crippen LogP contribution in [0.1, 0.15) is 149 Å². The lowest BCUT2D eigenvalue weighted by atomic mass is 10.0. The van der Waals surface area contributed by atoms with Gasteiger partial charge in [0.25, 0.3) is 0 Å². The molecule has 0 aromatic carbocycles. The van der Waals surface area contributed by atoms with Gasteiger partial charge < -0.3 is 4.74 Å². The molecule has 0 spiro atoms. The van der Waals surface area contributed by atoms with Gasteiger partial charge in [0.05, 0.1) is 6.61 Å². The third kappa shape index (κ3) is 23.4. The fraction of sp³-hybridized carbons (Fsp3) is 0.960. The largest absolute Gasteiger partial charge is 0.466 e. The van der Waals surface area contributed by atoms with Crippen LogP contribution in [0.15, 0.2) is 0 Å². The molecule has 0 fully saturated rings. The lowest BCUT2D eigenvalue weighted by molar-refractivity contribution is -0.143. The average molecular weight is 383 g/mol. The van der Waals surface area contributed by atoms with Gasteiger partial charge in [0, 0.05) is 6.42 Å². The summed E-state index contributed by atoms with van der Waals surface area (Å²) in [5.41, 5.74) is 0. The molecule has 0 unspecified atom stereocenters. The molecule has 0 bridgehead atoms. The summed E-state index contributed by atoms with van der Waals surface area (Å²) in [6.45, 7) is 5.15. The molecule has 0 aromatic rings. The van der Waals surface area contributed by atoms with Gasteiger partial charge >= 0.3 is 5.97 Å². The van der Waals surface area contributed by atoms with Crippen molar-refractivity contribution in [2.24, 2.45) is 0 Å². The molecule has 0 rings (SSSR count). The van der Waals surface area contributed by atoms with E-state index in [1.807, 2.05) is 0 Å². The molecule has 2 heteroatoms. The van der Waals surface area contributed by atoms with Crippen molar-refractivity contribution in [2.45, 2.75) is 149 Å². The lowest BCUT2D eigenvalue weighted by Crippen LogP contribution is -2.05. The predicted octanol–water partition coefficient (Wildman–Crippen LogP) is 8.76. The van der Waals surface area contributed by atoms with Crippen molar-refractivity contribution in [3.05, 3.63) is 0 Å². The summed E-state index contributed by atoms with van der Waals surface area (Å²) >= 11 is 0. The average Bonchev–Trinajstić information content (AvgIpc) is 2.67. The highest BCUT2D eigenvalue weighted by Crippen LogP contribution is 2.13. The Hall–Kier alpha value is -0.530. The molecule has 0 aromatic heterocycles.